The highest BCUT2D eigenvalue weighted by Gasteiger charge is 2.21. The molecule has 0 aliphatic heterocycles. The molecule has 27 heavy (non-hydrogen) atoms. The summed E-state index contributed by atoms with van der Waals surface area (Å²) in [4.78, 5) is 25.0. The fraction of sp³-hybridized carbons (Fsp3) is 0.150. The van der Waals surface area contributed by atoms with Crippen LogP contribution in [0.4, 0.5) is 5.13 Å². The van der Waals surface area contributed by atoms with Crippen molar-refractivity contribution in [3.63, 3.8) is 0 Å². The molecule has 0 saturated heterocycles. The van der Waals surface area contributed by atoms with Gasteiger partial charge >= 0.3 is 0 Å². The molecule has 136 valence electrons. The normalized spacial score (nSPS) is 12.2. The molecule has 1 atom stereocenters. The first-order valence-electron chi connectivity index (χ1n) is 8.66. The van der Waals surface area contributed by atoms with Gasteiger partial charge < -0.3 is 10.3 Å². The van der Waals surface area contributed by atoms with Crippen LogP contribution in [-0.2, 0) is 4.79 Å². The highest BCUT2D eigenvalue weighted by molar-refractivity contribution is 8.00. The average molecular weight is 395 g/mol. The monoisotopic (exact) mass is 394 g/mol. The minimum atomic E-state index is -0.241. The molecule has 0 aliphatic rings. The highest BCUT2D eigenvalue weighted by Crippen LogP contribution is 2.28. The summed E-state index contributed by atoms with van der Waals surface area (Å²) < 4.78 is 0. The predicted octanol–water partition coefficient (Wildman–Crippen LogP) is 5.20. The van der Waals surface area contributed by atoms with Gasteiger partial charge in [-0.1, -0.05) is 61.2 Å². The van der Waals surface area contributed by atoms with Crippen LogP contribution >= 0.6 is 23.1 Å². The third-order valence-corrected chi connectivity index (χ3v) is 6.09. The van der Waals surface area contributed by atoms with Gasteiger partial charge in [0.25, 0.3) is 0 Å². The predicted molar refractivity (Wildman–Crippen MR) is 112 cm³/mol. The van der Waals surface area contributed by atoms with Gasteiger partial charge in [-0.2, -0.15) is 0 Å². The third-order valence-electron chi connectivity index (χ3n) is 4.09. The molecule has 0 fully saturated rings. The molecule has 1 amide bonds. The number of thiazole rings is 1. The first-order valence-corrected chi connectivity index (χ1v) is 10.4. The topological polar surface area (TPSA) is 70.7 Å². The summed E-state index contributed by atoms with van der Waals surface area (Å²) in [6.07, 6.45) is 0.699. The highest BCUT2D eigenvalue weighted by atomic mass is 32.2. The molecule has 2 heterocycles. The number of rotatable bonds is 6. The number of para-hydroxylation sites is 2. The number of nitrogens with one attached hydrogen (secondary N) is 2. The Balaban J connectivity index is 1.45. The SMILES string of the molecule is CC[C@H](Sc1nc2ccccc2[nH]1)C(=O)Nc1nc(-c2ccccc2)cs1. The van der Waals surface area contributed by atoms with E-state index in [0.29, 0.717) is 11.6 Å². The van der Waals surface area contributed by atoms with E-state index >= 15 is 0 Å². The van der Waals surface area contributed by atoms with E-state index in [-0.39, 0.29) is 11.2 Å². The zero-order valence-corrected chi connectivity index (χ0v) is 16.3. The number of aromatic nitrogens is 3. The van der Waals surface area contributed by atoms with Crippen molar-refractivity contribution in [2.75, 3.05) is 5.32 Å². The Morgan fingerprint density at radius 3 is 2.70 bits per heavy atom. The number of thioether (sulfide) groups is 1. The number of hydrogen-bond acceptors (Lipinski definition) is 5. The molecule has 4 rings (SSSR count). The van der Waals surface area contributed by atoms with E-state index in [1.807, 2.05) is 66.9 Å². The van der Waals surface area contributed by atoms with Gasteiger partial charge in [0.05, 0.1) is 22.0 Å². The molecule has 0 aliphatic carbocycles. The van der Waals surface area contributed by atoms with Crippen LogP contribution in [0.1, 0.15) is 13.3 Å². The standard InChI is InChI=1S/C20H18N4OS2/c1-2-17(27-20-21-14-10-6-7-11-15(14)22-20)18(25)24-19-23-16(12-26-19)13-8-4-3-5-9-13/h3-12,17H,2H2,1H3,(H,21,22)(H,23,24,25)/t17-/m0/s1. The first-order chi connectivity index (χ1) is 13.2. The number of anilines is 1. The van der Waals surface area contributed by atoms with Crippen LogP contribution in [0.25, 0.3) is 22.3 Å². The molecule has 2 N–H and O–H groups in total. The summed E-state index contributed by atoms with van der Waals surface area (Å²) in [6, 6.07) is 17.8. The smallest absolute Gasteiger partial charge is 0.239 e. The maximum Gasteiger partial charge on any atom is 0.239 e. The fourth-order valence-electron chi connectivity index (χ4n) is 2.70. The Morgan fingerprint density at radius 2 is 1.93 bits per heavy atom. The fourth-order valence-corrected chi connectivity index (χ4v) is 4.35. The second-order valence-electron chi connectivity index (χ2n) is 5.97. The zero-order chi connectivity index (χ0) is 18.6. The van der Waals surface area contributed by atoms with Crippen molar-refractivity contribution >= 4 is 45.2 Å². The quantitative estimate of drug-likeness (QED) is 0.441. The lowest BCUT2D eigenvalue weighted by Crippen LogP contribution is -2.24. The van der Waals surface area contributed by atoms with E-state index in [4.69, 9.17) is 0 Å². The number of hydrogen-bond donors (Lipinski definition) is 2. The van der Waals surface area contributed by atoms with E-state index in [0.717, 1.165) is 27.4 Å². The number of aromatic amines is 1. The zero-order valence-electron chi connectivity index (χ0n) is 14.7. The van der Waals surface area contributed by atoms with Gasteiger partial charge in [-0.25, -0.2) is 9.97 Å². The number of imidazole rings is 1. The summed E-state index contributed by atoms with van der Waals surface area (Å²) in [5, 5.41) is 6.02. The van der Waals surface area contributed by atoms with Crippen molar-refractivity contribution < 1.29 is 4.79 Å². The Morgan fingerprint density at radius 1 is 1.15 bits per heavy atom. The Labute approximate surface area is 165 Å². The van der Waals surface area contributed by atoms with Gasteiger partial charge in [-0.3, -0.25) is 4.79 Å². The van der Waals surface area contributed by atoms with Gasteiger partial charge in [0.2, 0.25) is 5.91 Å². The summed E-state index contributed by atoms with van der Waals surface area (Å²) in [5.74, 6) is -0.0584. The second-order valence-corrected chi connectivity index (χ2v) is 8.02. The maximum absolute atomic E-state index is 12.7. The number of amides is 1. The van der Waals surface area contributed by atoms with Crippen LogP contribution in [-0.4, -0.2) is 26.1 Å². The van der Waals surface area contributed by atoms with Crippen molar-refractivity contribution in [1.82, 2.24) is 15.0 Å². The van der Waals surface area contributed by atoms with Crippen LogP contribution in [0.15, 0.2) is 65.1 Å². The van der Waals surface area contributed by atoms with Crippen LogP contribution < -0.4 is 5.32 Å². The van der Waals surface area contributed by atoms with Crippen LogP contribution in [0.5, 0.6) is 0 Å². The molecular formula is C20H18N4OS2. The number of nitrogens with zero attached hydrogens (tertiary/aromatic N) is 2. The second kappa shape index (κ2) is 7.94. The van der Waals surface area contributed by atoms with E-state index in [1.165, 1.54) is 23.1 Å². The van der Waals surface area contributed by atoms with Crippen LogP contribution in [0.3, 0.4) is 0 Å². The molecule has 0 bridgehead atoms. The Kier molecular flexibility index (Phi) is 5.22. The number of fused-ring (bicyclic) bond motifs is 1. The number of carbonyl (C=O) groups is 1. The van der Waals surface area contributed by atoms with Gasteiger partial charge in [-0.15, -0.1) is 11.3 Å². The van der Waals surface area contributed by atoms with Crippen molar-refractivity contribution in [1.29, 1.82) is 0 Å². The molecule has 4 aromatic rings. The van der Waals surface area contributed by atoms with Gasteiger partial charge in [0, 0.05) is 10.9 Å². The molecule has 0 unspecified atom stereocenters. The number of benzene rings is 2. The lowest BCUT2D eigenvalue weighted by Gasteiger charge is -2.11. The minimum absolute atomic E-state index is 0.0584. The van der Waals surface area contributed by atoms with Gasteiger partial charge in [-0.05, 0) is 18.6 Å². The molecule has 0 saturated carbocycles. The molecule has 2 aromatic heterocycles. The lowest BCUT2D eigenvalue weighted by molar-refractivity contribution is -0.115. The number of H-pyrrole nitrogens is 1. The molecule has 0 radical (unpaired) electrons. The lowest BCUT2D eigenvalue weighted by atomic mass is 10.2. The molecule has 2 aromatic carbocycles. The molecule has 7 heteroatoms. The van der Waals surface area contributed by atoms with Crippen molar-refractivity contribution in [2.45, 2.75) is 23.8 Å². The Bertz CT molecular complexity index is 1020. The minimum Gasteiger partial charge on any atom is -0.333 e. The van der Waals surface area contributed by atoms with Gasteiger partial charge in [0.15, 0.2) is 10.3 Å². The average Bonchev–Trinajstić information content (AvgIpc) is 3.33. The van der Waals surface area contributed by atoms with E-state index in [2.05, 4.69) is 20.3 Å². The van der Waals surface area contributed by atoms with Gasteiger partial charge in [0.1, 0.15) is 0 Å². The summed E-state index contributed by atoms with van der Waals surface area (Å²) in [7, 11) is 0. The first kappa shape index (κ1) is 17.8. The summed E-state index contributed by atoms with van der Waals surface area (Å²) in [6.45, 7) is 2.00. The molecule has 0 spiro atoms. The van der Waals surface area contributed by atoms with E-state index < -0.39 is 0 Å². The van der Waals surface area contributed by atoms with Crippen LogP contribution in [0.2, 0.25) is 0 Å². The van der Waals surface area contributed by atoms with Crippen molar-refractivity contribution in [3.05, 3.63) is 60.0 Å². The Hall–Kier alpha value is -2.64. The maximum atomic E-state index is 12.7. The number of carbonyl (C=O) groups excluding carboxylic acids is 1. The van der Waals surface area contributed by atoms with E-state index in [1.54, 1.807) is 0 Å². The molecular weight excluding hydrogens is 376 g/mol. The van der Waals surface area contributed by atoms with Crippen LogP contribution in [0, 0.1) is 0 Å². The summed E-state index contributed by atoms with van der Waals surface area (Å²) >= 11 is 2.88. The van der Waals surface area contributed by atoms with E-state index in [9.17, 15) is 4.79 Å². The summed E-state index contributed by atoms with van der Waals surface area (Å²) in [5.41, 5.74) is 3.79. The largest absolute Gasteiger partial charge is 0.333 e. The van der Waals surface area contributed by atoms with Crippen molar-refractivity contribution in [2.24, 2.45) is 0 Å². The molecule has 5 nitrogen and oxygen atoms in total. The van der Waals surface area contributed by atoms with Crippen molar-refractivity contribution in [3.8, 4) is 11.3 Å². The third kappa shape index (κ3) is 4.04.